The van der Waals surface area contributed by atoms with Crippen LogP contribution in [-0.4, -0.2) is 56.1 Å². The van der Waals surface area contributed by atoms with Crippen molar-refractivity contribution in [1.29, 1.82) is 0 Å². The van der Waals surface area contributed by atoms with Gasteiger partial charge in [0.25, 0.3) is 5.91 Å². The Kier molecular flexibility index (Phi) is 8.10. The molecule has 28 heavy (non-hydrogen) atoms. The monoisotopic (exact) mass is 392 g/mol. The van der Waals surface area contributed by atoms with Crippen molar-refractivity contribution in [2.24, 2.45) is 0 Å². The Balaban J connectivity index is 1.82. The molecule has 154 valence electrons. The molecule has 1 N–H and O–H groups in total. The Bertz CT molecular complexity index is 706. The van der Waals surface area contributed by atoms with E-state index in [4.69, 9.17) is 14.2 Å². The van der Waals surface area contributed by atoms with Gasteiger partial charge in [0.2, 0.25) is 5.91 Å². The van der Waals surface area contributed by atoms with Gasteiger partial charge in [0.05, 0.1) is 14.2 Å². The van der Waals surface area contributed by atoms with Gasteiger partial charge < -0.3 is 24.4 Å². The van der Waals surface area contributed by atoms with E-state index in [1.807, 2.05) is 6.07 Å². The van der Waals surface area contributed by atoms with Crippen LogP contribution in [0.5, 0.6) is 11.5 Å². The van der Waals surface area contributed by atoms with Crippen LogP contribution in [0.4, 0.5) is 0 Å². The molecule has 1 atom stereocenters. The molecule has 0 spiro atoms. The maximum atomic E-state index is 12.2. The number of benzene rings is 1. The van der Waals surface area contributed by atoms with Gasteiger partial charge in [-0.05, 0) is 37.5 Å². The molecular formula is C20H28N2O6. The second-order valence-corrected chi connectivity index (χ2v) is 6.67. The van der Waals surface area contributed by atoms with Crippen molar-refractivity contribution in [2.45, 2.75) is 45.3 Å². The van der Waals surface area contributed by atoms with Crippen LogP contribution in [0.1, 0.15) is 38.2 Å². The molecule has 1 aliphatic rings. The van der Waals surface area contributed by atoms with Gasteiger partial charge in [0, 0.05) is 19.5 Å². The Morgan fingerprint density at radius 1 is 1.14 bits per heavy atom. The number of ether oxygens (including phenoxy) is 3. The fourth-order valence-electron chi connectivity index (χ4n) is 2.97. The highest BCUT2D eigenvalue weighted by Crippen LogP contribution is 2.27. The lowest BCUT2D eigenvalue weighted by molar-refractivity contribution is -0.157. The number of nitrogens with zero attached hydrogens (tertiary/aromatic N) is 1. The summed E-state index contributed by atoms with van der Waals surface area (Å²) in [5.41, 5.74) is 0.819. The quantitative estimate of drug-likeness (QED) is 0.676. The molecule has 0 aromatic heterocycles. The third kappa shape index (κ3) is 6.14. The molecule has 1 aromatic rings. The Hall–Kier alpha value is -2.77. The fourth-order valence-corrected chi connectivity index (χ4v) is 2.97. The number of carbonyl (C=O) groups is 3. The molecule has 0 unspecified atom stereocenters. The van der Waals surface area contributed by atoms with E-state index < -0.39 is 18.0 Å². The summed E-state index contributed by atoms with van der Waals surface area (Å²) in [5.74, 6) is 0.133. The standard InChI is InChI=1S/C20H28N2O6/c1-14(28-19(24)13-22-10-6-4-5-7-18(22)23)20(25)21-12-15-8-9-16(26-2)17(11-15)27-3/h8-9,11,14H,4-7,10,12-13H2,1-3H3,(H,21,25)/t14-/m0/s1. The third-order valence-electron chi connectivity index (χ3n) is 4.58. The summed E-state index contributed by atoms with van der Waals surface area (Å²) in [6.07, 6.45) is 2.20. The first-order chi connectivity index (χ1) is 13.4. The lowest BCUT2D eigenvalue weighted by Gasteiger charge is -2.21. The number of likely N-dealkylation sites (tertiary alicyclic amines) is 1. The van der Waals surface area contributed by atoms with Crippen LogP contribution in [-0.2, 0) is 25.7 Å². The third-order valence-corrected chi connectivity index (χ3v) is 4.58. The van der Waals surface area contributed by atoms with Crippen LogP contribution < -0.4 is 14.8 Å². The van der Waals surface area contributed by atoms with E-state index in [9.17, 15) is 14.4 Å². The summed E-state index contributed by atoms with van der Waals surface area (Å²) in [5, 5.41) is 2.72. The van der Waals surface area contributed by atoms with E-state index >= 15 is 0 Å². The highest BCUT2D eigenvalue weighted by atomic mass is 16.5. The van der Waals surface area contributed by atoms with Crippen molar-refractivity contribution < 1.29 is 28.6 Å². The molecule has 0 aliphatic carbocycles. The van der Waals surface area contributed by atoms with E-state index in [0.717, 1.165) is 24.8 Å². The molecule has 2 amide bonds. The average Bonchev–Trinajstić information content (AvgIpc) is 2.89. The van der Waals surface area contributed by atoms with E-state index in [0.29, 0.717) is 24.5 Å². The maximum Gasteiger partial charge on any atom is 0.326 e. The van der Waals surface area contributed by atoms with Gasteiger partial charge in [-0.15, -0.1) is 0 Å². The Morgan fingerprint density at radius 3 is 2.61 bits per heavy atom. The average molecular weight is 392 g/mol. The van der Waals surface area contributed by atoms with Gasteiger partial charge in [-0.1, -0.05) is 12.5 Å². The topological polar surface area (TPSA) is 94.2 Å². The number of rotatable bonds is 8. The zero-order valence-electron chi connectivity index (χ0n) is 16.7. The molecule has 8 nitrogen and oxygen atoms in total. The van der Waals surface area contributed by atoms with Crippen molar-refractivity contribution in [2.75, 3.05) is 27.3 Å². The lowest BCUT2D eigenvalue weighted by atomic mass is 10.2. The van der Waals surface area contributed by atoms with Gasteiger partial charge in [0.15, 0.2) is 17.6 Å². The minimum atomic E-state index is -0.949. The number of hydrogen-bond donors (Lipinski definition) is 1. The highest BCUT2D eigenvalue weighted by molar-refractivity contribution is 5.86. The largest absolute Gasteiger partial charge is 0.493 e. The first-order valence-corrected chi connectivity index (χ1v) is 9.40. The highest BCUT2D eigenvalue weighted by Gasteiger charge is 2.23. The van der Waals surface area contributed by atoms with Gasteiger partial charge in [-0.25, -0.2) is 0 Å². The molecule has 0 saturated carbocycles. The minimum Gasteiger partial charge on any atom is -0.493 e. The maximum absolute atomic E-state index is 12.2. The second kappa shape index (κ2) is 10.5. The van der Waals surface area contributed by atoms with Gasteiger partial charge in [-0.3, -0.25) is 14.4 Å². The predicted molar refractivity (Wildman–Crippen MR) is 102 cm³/mol. The van der Waals surface area contributed by atoms with Crippen molar-refractivity contribution in [3.63, 3.8) is 0 Å². The van der Waals surface area contributed by atoms with Crippen molar-refractivity contribution >= 4 is 17.8 Å². The minimum absolute atomic E-state index is 0.0417. The van der Waals surface area contributed by atoms with Crippen LogP contribution in [0.15, 0.2) is 18.2 Å². The second-order valence-electron chi connectivity index (χ2n) is 6.67. The molecule has 1 aliphatic heterocycles. The zero-order chi connectivity index (χ0) is 20.5. The van der Waals surface area contributed by atoms with Crippen molar-refractivity contribution in [3.05, 3.63) is 23.8 Å². The van der Waals surface area contributed by atoms with Gasteiger partial charge in [-0.2, -0.15) is 0 Å². The smallest absolute Gasteiger partial charge is 0.326 e. The zero-order valence-corrected chi connectivity index (χ0v) is 16.7. The summed E-state index contributed by atoms with van der Waals surface area (Å²) in [4.78, 5) is 37.8. The molecular weight excluding hydrogens is 364 g/mol. The summed E-state index contributed by atoms with van der Waals surface area (Å²) in [6.45, 7) is 2.19. The summed E-state index contributed by atoms with van der Waals surface area (Å²) >= 11 is 0. The van der Waals surface area contributed by atoms with Crippen molar-refractivity contribution in [1.82, 2.24) is 10.2 Å². The molecule has 1 fully saturated rings. The normalized spacial score (nSPS) is 15.4. The van der Waals surface area contributed by atoms with Crippen LogP contribution in [0.25, 0.3) is 0 Å². The van der Waals surface area contributed by atoms with E-state index in [-0.39, 0.29) is 19.0 Å². The molecule has 1 aromatic carbocycles. The molecule has 2 rings (SSSR count). The van der Waals surface area contributed by atoms with E-state index in [1.54, 1.807) is 19.2 Å². The van der Waals surface area contributed by atoms with Crippen molar-refractivity contribution in [3.8, 4) is 11.5 Å². The molecule has 1 saturated heterocycles. The van der Waals surface area contributed by atoms with E-state index in [1.165, 1.54) is 18.9 Å². The number of esters is 1. The molecule has 8 heteroatoms. The van der Waals surface area contributed by atoms with Crippen LogP contribution in [0.2, 0.25) is 0 Å². The summed E-state index contributed by atoms with van der Waals surface area (Å²) in [7, 11) is 3.09. The molecule has 0 radical (unpaired) electrons. The summed E-state index contributed by atoms with van der Waals surface area (Å²) < 4.78 is 15.6. The van der Waals surface area contributed by atoms with Crippen LogP contribution in [0, 0.1) is 0 Å². The number of nitrogens with one attached hydrogen (secondary N) is 1. The fraction of sp³-hybridized carbons (Fsp3) is 0.550. The van der Waals surface area contributed by atoms with Crippen LogP contribution in [0.3, 0.4) is 0 Å². The predicted octanol–water partition coefficient (Wildman–Crippen LogP) is 1.65. The number of methoxy groups -OCH3 is 2. The van der Waals surface area contributed by atoms with Gasteiger partial charge in [0.1, 0.15) is 6.54 Å². The SMILES string of the molecule is COc1ccc(CNC(=O)[C@H](C)OC(=O)CN2CCCCCC2=O)cc1OC. The lowest BCUT2D eigenvalue weighted by Crippen LogP contribution is -2.40. The number of amides is 2. The first kappa shape index (κ1) is 21.5. The van der Waals surface area contributed by atoms with Gasteiger partial charge >= 0.3 is 5.97 Å². The molecule has 1 heterocycles. The Labute approximate surface area is 165 Å². The van der Waals surface area contributed by atoms with E-state index in [2.05, 4.69) is 5.32 Å². The number of carbonyl (C=O) groups excluding carboxylic acids is 3. The first-order valence-electron chi connectivity index (χ1n) is 9.40. The summed E-state index contributed by atoms with van der Waals surface area (Å²) in [6, 6.07) is 5.33. The molecule has 0 bridgehead atoms. The number of hydrogen-bond acceptors (Lipinski definition) is 6. The van der Waals surface area contributed by atoms with Crippen LogP contribution >= 0.6 is 0 Å². The Morgan fingerprint density at radius 2 is 1.89 bits per heavy atom.